The molecule has 0 heterocycles. The first-order valence-corrected chi connectivity index (χ1v) is 12.2. The Morgan fingerprint density at radius 2 is 1.81 bits per heavy atom. The van der Waals surface area contributed by atoms with E-state index in [1.54, 1.807) is 6.92 Å². The molecule has 2 amide bonds. The molecular weight excluding hydrogens is 454 g/mol. The summed E-state index contributed by atoms with van der Waals surface area (Å²) in [4.78, 5) is 27.3. The molecule has 0 aromatic heterocycles. The molecule has 32 heavy (non-hydrogen) atoms. The number of carbonyl (C=O) groups excluding carboxylic acids is 2. The normalized spacial score (nSPS) is 12.0. The zero-order valence-electron chi connectivity index (χ0n) is 18.5. The van der Waals surface area contributed by atoms with Crippen molar-refractivity contribution in [2.24, 2.45) is 0 Å². The molecule has 10 heteroatoms. The van der Waals surface area contributed by atoms with E-state index in [0.717, 1.165) is 16.1 Å². The predicted molar refractivity (Wildman–Crippen MR) is 125 cm³/mol. The molecule has 2 rings (SSSR count). The van der Waals surface area contributed by atoms with Crippen LogP contribution in [0.2, 0.25) is 5.02 Å². The third-order valence-corrected chi connectivity index (χ3v) is 6.37. The zero-order valence-corrected chi connectivity index (χ0v) is 20.1. The Bertz CT molecular complexity index is 1050. The first kappa shape index (κ1) is 25.5. The number of ether oxygens (including phenoxy) is 1. The number of benzene rings is 2. The minimum atomic E-state index is -3.83. The van der Waals surface area contributed by atoms with Crippen LogP contribution in [0, 0.1) is 0 Å². The highest BCUT2D eigenvalue weighted by Gasteiger charge is 2.31. The van der Waals surface area contributed by atoms with Crippen molar-refractivity contribution >= 4 is 39.1 Å². The molecule has 0 spiro atoms. The molecule has 0 bridgehead atoms. The molecule has 8 nitrogen and oxygen atoms in total. The van der Waals surface area contributed by atoms with E-state index in [-0.39, 0.29) is 23.2 Å². The van der Waals surface area contributed by atoms with E-state index >= 15 is 0 Å². The van der Waals surface area contributed by atoms with Gasteiger partial charge in [-0.3, -0.25) is 13.9 Å². The van der Waals surface area contributed by atoms with Crippen LogP contribution in [0.5, 0.6) is 5.75 Å². The van der Waals surface area contributed by atoms with Crippen LogP contribution in [-0.2, 0) is 26.2 Å². The van der Waals surface area contributed by atoms with E-state index in [1.807, 2.05) is 30.3 Å². The lowest BCUT2D eigenvalue weighted by Crippen LogP contribution is -2.51. The quantitative estimate of drug-likeness (QED) is 0.562. The number of anilines is 1. The molecule has 2 aromatic carbocycles. The van der Waals surface area contributed by atoms with E-state index in [9.17, 15) is 18.0 Å². The Hall–Kier alpha value is -2.78. The molecule has 1 atom stereocenters. The lowest BCUT2D eigenvalue weighted by Gasteiger charge is -2.32. The van der Waals surface area contributed by atoms with Gasteiger partial charge >= 0.3 is 0 Å². The molecular formula is C22H28ClN3O5S. The van der Waals surface area contributed by atoms with Gasteiger partial charge in [0.2, 0.25) is 21.8 Å². The smallest absolute Gasteiger partial charge is 0.244 e. The van der Waals surface area contributed by atoms with Crippen LogP contribution in [0.4, 0.5) is 5.69 Å². The topological polar surface area (TPSA) is 96.0 Å². The number of nitrogens with zero attached hydrogens (tertiary/aromatic N) is 2. The monoisotopic (exact) mass is 481 g/mol. The van der Waals surface area contributed by atoms with Crippen LogP contribution in [0.1, 0.15) is 18.9 Å². The van der Waals surface area contributed by atoms with E-state index < -0.39 is 28.5 Å². The summed E-state index contributed by atoms with van der Waals surface area (Å²) < 4.78 is 31.2. The number of nitrogens with one attached hydrogen (secondary N) is 1. The van der Waals surface area contributed by atoms with E-state index in [0.29, 0.717) is 12.2 Å². The molecule has 0 aliphatic rings. The van der Waals surface area contributed by atoms with Gasteiger partial charge in [-0.2, -0.15) is 0 Å². The highest BCUT2D eigenvalue weighted by molar-refractivity contribution is 7.92. The Labute approximate surface area is 194 Å². The van der Waals surface area contributed by atoms with Gasteiger partial charge in [0, 0.05) is 13.6 Å². The minimum absolute atomic E-state index is 0.159. The summed E-state index contributed by atoms with van der Waals surface area (Å²) in [6, 6.07) is 12.9. The van der Waals surface area contributed by atoms with Crippen molar-refractivity contribution in [1.82, 2.24) is 10.2 Å². The first-order valence-electron chi connectivity index (χ1n) is 9.98. The number of rotatable bonds is 10. The average molecular weight is 482 g/mol. The number of hydrogen-bond donors (Lipinski definition) is 1. The maximum absolute atomic E-state index is 13.4. The van der Waals surface area contributed by atoms with Gasteiger partial charge in [-0.15, -0.1) is 0 Å². The summed E-state index contributed by atoms with van der Waals surface area (Å²) in [6.45, 7) is 1.47. The molecule has 0 saturated carbocycles. The molecule has 0 fully saturated rings. The summed E-state index contributed by atoms with van der Waals surface area (Å²) >= 11 is 6.17. The summed E-state index contributed by atoms with van der Waals surface area (Å²) in [5.41, 5.74) is 1.04. The van der Waals surface area contributed by atoms with Crippen molar-refractivity contribution in [3.63, 3.8) is 0 Å². The van der Waals surface area contributed by atoms with Gasteiger partial charge in [-0.1, -0.05) is 48.9 Å². The largest absolute Gasteiger partial charge is 0.495 e. The molecule has 1 N–H and O–H groups in total. The predicted octanol–water partition coefficient (Wildman–Crippen LogP) is 2.67. The highest BCUT2D eigenvalue weighted by atomic mass is 35.5. The fourth-order valence-corrected chi connectivity index (χ4v) is 4.38. The van der Waals surface area contributed by atoms with Crippen molar-refractivity contribution in [1.29, 1.82) is 0 Å². The maximum atomic E-state index is 13.4. The number of likely N-dealkylation sites (N-methyl/N-ethyl adjacent to an activating group) is 1. The summed E-state index contributed by atoms with van der Waals surface area (Å²) in [7, 11) is -0.882. The average Bonchev–Trinajstić information content (AvgIpc) is 2.76. The molecule has 1 unspecified atom stereocenters. The van der Waals surface area contributed by atoms with Crippen LogP contribution in [0.3, 0.4) is 0 Å². The van der Waals surface area contributed by atoms with Gasteiger partial charge in [0.25, 0.3) is 0 Å². The van der Waals surface area contributed by atoms with Crippen LogP contribution >= 0.6 is 11.6 Å². The molecule has 2 aromatic rings. The number of halogens is 1. The van der Waals surface area contributed by atoms with Crippen molar-refractivity contribution in [2.75, 3.05) is 31.3 Å². The lowest BCUT2D eigenvalue weighted by molar-refractivity contribution is -0.140. The van der Waals surface area contributed by atoms with Gasteiger partial charge in [0.15, 0.2) is 0 Å². The number of hydrogen-bond acceptors (Lipinski definition) is 5. The second-order valence-corrected chi connectivity index (χ2v) is 9.45. The second-order valence-electron chi connectivity index (χ2n) is 7.13. The van der Waals surface area contributed by atoms with E-state index in [1.165, 1.54) is 37.3 Å². The van der Waals surface area contributed by atoms with Gasteiger partial charge in [-0.25, -0.2) is 8.42 Å². The molecule has 0 aliphatic carbocycles. The third kappa shape index (κ3) is 6.37. The zero-order chi connectivity index (χ0) is 23.9. The minimum Gasteiger partial charge on any atom is -0.495 e. The summed E-state index contributed by atoms with van der Waals surface area (Å²) in [5.74, 6) is -0.455. The SMILES string of the molecule is CCC(C(=O)NC)N(Cc1ccccc1)C(=O)CN(c1ccc(OC)c(Cl)c1)S(C)(=O)=O. The van der Waals surface area contributed by atoms with Crippen molar-refractivity contribution in [3.05, 3.63) is 59.1 Å². The lowest BCUT2D eigenvalue weighted by atomic mass is 10.1. The van der Waals surface area contributed by atoms with E-state index in [4.69, 9.17) is 16.3 Å². The van der Waals surface area contributed by atoms with Gasteiger partial charge in [0.05, 0.1) is 24.1 Å². The number of amides is 2. The molecule has 0 saturated heterocycles. The standard InChI is InChI=1S/C22H28ClN3O5S/c1-5-19(22(28)24-2)25(14-16-9-7-6-8-10-16)21(27)15-26(32(4,29)30)17-11-12-20(31-3)18(23)13-17/h6-13,19H,5,14-15H2,1-4H3,(H,24,28). The summed E-state index contributed by atoms with van der Waals surface area (Å²) in [6.07, 6.45) is 1.38. The van der Waals surface area contributed by atoms with Crippen LogP contribution in [0.15, 0.2) is 48.5 Å². The van der Waals surface area contributed by atoms with Crippen LogP contribution < -0.4 is 14.4 Å². The fourth-order valence-electron chi connectivity index (χ4n) is 3.29. The molecule has 0 aliphatic heterocycles. The number of methoxy groups -OCH3 is 1. The van der Waals surface area contributed by atoms with Crippen molar-refractivity contribution in [3.8, 4) is 5.75 Å². The first-order chi connectivity index (χ1) is 15.1. The number of carbonyl (C=O) groups is 2. The van der Waals surface area contributed by atoms with E-state index in [2.05, 4.69) is 5.32 Å². The van der Waals surface area contributed by atoms with Gasteiger partial charge in [0.1, 0.15) is 18.3 Å². The van der Waals surface area contributed by atoms with Crippen molar-refractivity contribution < 1.29 is 22.7 Å². The van der Waals surface area contributed by atoms with Gasteiger partial charge < -0.3 is 15.0 Å². The molecule has 0 radical (unpaired) electrons. The second kappa shape index (κ2) is 11.2. The third-order valence-electron chi connectivity index (χ3n) is 4.93. The van der Waals surface area contributed by atoms with Crippen molar-refractivity contribution in [2.45, 2.75) is 25.9 Å². The Kier molecular flexibility index (Phi) is 8.91. The fraction of sp³-hybridized carbons (Fsp3) is 0.364. The summed E-state index contributed by atoms with van der Waals surface area (Å²) in [5, 5.41) is 2.79. The Morgan fingerprint density at radius 3 is 2.31 bits per heavy atom. The van der Waals surface area contributed by atoms with Gasteiger partial charge in [-0.05, 0) is 30.2 Å². The van der Waals surface area contributed by atoms with Crippen LogP contribution in [0.25, 0.3) is 0 Å². The highest BCUT2D eigenvalue weighted by Crippen LogP contribution is 2.30. The maximum Gasteiger partial charge on any atom is 0.244 e. The Balaban J connectivity index is 2.43. The molecule has 174 valence electrons. The number of sulfonamides is 1. The Morgan fingerprint density at radius 1 is 1.16 bits per heavy atom. The van der Waals surface area contributed by atoms with Crippen LogP contribution in [-0.4, -0.2) is 58.1 Å².